The highest BCUT2D eigenvalue weighted by Crippen LogP contribution is 1.90. The number of rotatable bonds is 5. The average Bonchev–Trinajstić information content (AvgIpc) is 1.99. The van der Waals surface area contributed by atoms with Gasteiger partial charge in [0.2, 0.25) is 0 Å². The summed E-state index contributed by atoms with van der Waals surface area (Å²) in [6, 6.07) is 0. The number of esters is 1. The third-order valence-electron chi connectivity index (χ3n) is 1.30. The van der Waals surface area contributed by atoms with Crippen molar-refractivity contribution in [2.75, 3.05) is 27.2 Å². The predicted molar refractivity (Wildman–Crippen MR) is 45.8 cm³/mol. The Balaban J connectivity index is 3.43. The highest BCUT2D eigenvalue weighted by Gasteiger charge is 2.07. The molecule has 0 fully saturated rings. The summed E-state index contributed by atoms with van der Waals surface area (Å²) in [7, 11) is 3.70. The molecule has 0 saturated heterocycles. The Morgan fingerprint density at radius 3 is 2.58 bits per heavy atom. The second kappa shape index (κ2) is 5.97. The molecule has 1 unspecified atom stereocenters. The standard InChI is InChI=1S/C8H17NO3/c1-4-8(11)12-6-7(10)5-9(2)3/h7,10H,4-6H2,1-3H3. The zero-order valence-corrected chi connectivity index (χ0v) is 7.91. The number of aliphatic hydroxyl groups is 1. The zero-order chi connectivity index (χ0) is 9.56. The third kappa shape index (κ3) is 6.12. The van der Waals surface area contributed by atoms with E-state index in [2.05, 4.69) is 0 Å². The number of hydrogen-bond donors (Lipinski definition) is 1. The van der Waals surface area contributed by atoms with Gasteiger partial charge in [-0.15, -0.1) is 0 Å². The normalized spacial score (nSPS) is 13.1. The number of aliphatic hydroxyl groups excluding tert-OH is 1. The molecule has 0 spiro atoms. The van der Waals surface area contributed by atoms with E-state index in [1.807, 2.05) is 19.0 Å². The van der Waals surface area contributed by atoms with Gasteiger partial charge in [0.1, 0.15) is 12.7 Å². The second-order valence-electron chi connectivity index (χ2n) is 2.95. The van der Waals surface area contributed by atoms with Crippen molar-refractivity contribution in [1.29, 1.82) is 0 Å². The molecule has 0 bridgehead atoms. The van der Waals surface area contributed by atoms with Crippen LogP contribution in [0.5, 0.6) is 0 Å². The van der Waals surface area contributed by atoms with Crippen LogP contribution in [0, 0.1) is 0 Å². The summed E-state index contributed by atoms with van der Waals surface area (Å²) in [5.41, 5.74) is 0. The number of ether oxygens (including phenoxy) is 1. The summed E-state index contributed by atoms with van der Waals surface area (Å²) < 4.78 is 4.74. The lowest BCUT2D eigenvalue weighted by atomic mass is 10.3. The highest BCUT2D eigenvalue weighted by atomic mass is 16.5. The van der Waals surface area contributed by atoms with Gasteiger partial charge in [0, 0.05) is 13.0 Å². The topological polar surface area (TPSA) is 49.8 Å². The van der Waals surface area contributed by atoms with Crippen LogP contribution in [0.3, 0.4) is 0 Å². The first-order valence-electron chi connectivity index (χ1n) is 4.04. The summed E-state index contributed by atoms with van der Waals surface area (Å²) in [5.74, 6) is -0.271. The van der Waals surface area contributed by atoms with E-state index in [9.17, 15) is 9.90 Å². The Kier molecular flexibility index (Phi) is 5.66. The molecule has 0 heterocycles. The molecule has 0 aliphatic carbocycles. The minimum absolute atomic E-state index is 0.0881. The van der Waals surface area contributed by atoms with E-state index in [0.29, 0.717) is 13.0 Å². The van der Waals surface area contributed by atoms with Crippen LogP contribution < -0.4 is 0 Å². The van der Waals surface area contributed by atoms with E-state index >= 15 is 0 Å². The molecule has 0 saturated carbocycles. The minimum atomic E-state index is -0.588. The van der Waals surface area contributed by atoms with E-state index in [1.54, 1.807) is 6.92 Å². The quantitative estimate of drug-likeness (QED) is 0.591. The van der Waals surface area contributed by atoms with E-state index in [4.69, 9.17) is 4.74 Å². The molecule has 0 rings (SSSR count). The molecule has 1 atom stereocenters. The van der Waals surface area contributed by atoms with Gasteiger partial charge in [-0.25, -0.2) is 0 Å². The number of likely N-dealkylation sites (N-methyl/N-ethyl adjacent to an activating group) is 1. The first-order valence-corrected chi connectivity index (χ1v) is 4.04. The summed E-state index contributed by atoms with van der Waals surface area (Å²) >= 11 is 0. The lowest BCUT2D eigenvalue weighted by Gasteiger charge is -2.15. The fourth-order valence-electron chi connectivity index (χ4n) is 0.765. The smallest absolute Gasteiger partial charge is 0.305 e. The van der Waals surface area contributed by atoms with Crippen LogP contribution in [0.1, 0.15) is 13.3 Å². The van der Waals surface area contributed by atoms with Crippen molar-refractivity contribution in [1.82, 2.24) is 4.90 Å². The molecule has 72 valence electrons. The van der Waals surface area contributed by atoms with Crippen LogP contribution in [0.2, 0.25) is 0 Å². The van der Waals surface area contributed by atoms with Crippen LogP contribution >= 0.6 is 0 Å². The average molecular weight is 175 g/mol. The maximum absolute atomic E-state index is 10.7. The lowest BCUT2D eigenvalue weighted by Crippen LogP contribution is -2.30. The molecule has 0 aliphatic heterocycles. The molecule has 0 aromatic heterocycles. The zero-order valence-electron chi connectivity index (χ0n) is 7.91. The van der Waals surface area contributed by atoms with Gasteiger partial charge in [-0.3, -0.25) is 4.79 Å². The van der Waals surface area contributed by atoms with Gasteiger partial charge in [0.25, 0.3) is 0 Å². The number of carbonyl (C=O) groups is 1. The fourth-order valence-corrected chi connectivity index (χ4v) is 0.765. The van der Waals surface area contributed by atoms with Crippen LogP contribution in [-0.2, 0) is 9.53 Å². The third-order valence-corrected chi connectivity index (χ3v) is 1.30. The van der Waals surface area contributed by atoms with Crippen LogP contribution in [-0.4, -0.2) is 49.3 Å². The van der Waals surface area contributed by atoms with Gasteiger partial charge >= 0.3 is 5.97 Å². The number of nitrogens with zero attached hydrogens (tertiary/aromatic N) is 1. The van der Waals surface area contributed by atoms with Crippen LogP contribution in [0.4, 0.5) is 0 Å². The molecule has 12 heavy (non-hydrogen) atoms. The molecule has 0 aliphatic rings. The van der Waals surface area contributed by atoms with E-state index in [0.717, 1.165) is 0 Å². The molecule has 0 radical (unpaired) electrons. The van der Waals surface area contributed by atoms with Gasteiger partial charge in [-0.1, -0.05) is 6.92 Å². The first-order chi connectivity index (χ1) is 5.56. The monoisotopic (exact) mass is 175 g/mol. The van der Waals surface area contributed by atoms with Gasteiger partial charge < -0.3 is 14.7 Å². The minimum Gasteiger partial charge on any atom is -0.463 e. The van der Waals surface area contributed by atoms with Gasteiger partial charge in [0.15, 0.2) is 0 Å². The van der Waals surface area contributed by atoms with E-state index in [-0.39, 0.29) is 12.6 Å². The molecule has 0 aromatic carbocycles. The van der Waals surface area contributed by atoms with E-state index < -0.39 is 6.10 Å². The van der Waals surface area contributed by atoms with Crippen molar-refractivity contribution in [3.8, 4) is 0 Å². The van der Waals surface area contributed by atoms with Crippen molar-refractivity contribution in [2.45, 2.75) is 19.4 Å². The number of hydrogen-bond acceptors (Lipinski definition) is 4. The fraction of sp³-hybridized carbons (Fsp3) is 0.875. The Labute approximate surface area is 73.1 Å². The van der Waals surface area contributed by atoms with Crippen molar-refractivity contribution in [3.05, 3.63) is 0 Å². The molecule has 4 nitrogen and oxygen atoms in total. The Hall–Kier alpha value is -0.610. The van der Waals surface area contributed by atoms with Gasteiger partial charge in [-0.05, 0) is 14.1 Å². The Morgan fingerprint density at radius 1 is 1.58 bits per heavy atom. The molecule has 0 amide bonds. The summed E-state index contributed by atoms with van der Waals surface area (Å²) in [5, 5.41) is 9.25. The van der Waals surface area contributed by atoms with Gasteiger partial charge in [-0.2, -0.15) is 0 Å². The molecular formula is C8H17NO3. The summed E-state index contributed by atoms with van der Waals surface area (Å²) in [6.07, 6.45) is -0.232. The van der Waals surface area contributed by atoms with E-state index in [1.165, 1.54) is 0 Å². The largest absolute Gasteiger partial charge is 0.463 e. The van der Waals surface area contributed by atoms with Crippen LogP contribution in [0.15, 0.2) is 0 Å². The SMILES string of the molecule is CCC(=O)OCC(O)CN(C)C. The summed E-state index contributed by atoms with van der Waals surface area (Å²) in [4.78, 5) is 12.5. The van der Waals surface area contributed by atoms with Crippen LogP contribution in [0.25, 0.3) is 0 Å². The molecule has 0 aromatic rings. The highest BCUT2D eigenvalue weighted by molar-refractivity contribution is 5.68. The van der Waals surface area contributed by atoms with Crippen molar-refractivity contribution in [2.24, 2.45) is 0 Å². The molecule has 1 N–H and O–H groups in total. The maximum atomic E-state index is 10.7. The van der Waals surface area contributed by atoms with Crippen molar-refractivity contribution < 1.29 is 14.6 Å². The maximum Gasteiger partial charge on any atom is 0.305 e. The molecule has 4 heteroatoms. The lowest BCUT2D eigenvalue weighted by molar-refractivity contribution is -0.146. The number of carbonyl (C=O) groups excluding carboxylic acids is 1. The molecular weight excluding hydrogens is 158 g/mol. The van der Waals surface area contributed by atoms with Gasteiger partial charge in [0.05, 0.1) is 0 Å². The Morgan fingerprint density at radius 2 is 2.17 bits per heavy atom. The Bertz CT molecular complexity index is 136. The summed E-state index contributed by atoms with van der Waals surface area (Å²) in [6.45, 7) is 2.32. The van der Waals surface area contributed by atoms with Crippen molar-refractivity contribution in [3.63, 3.8) is 0 Å². The second-order valence-corrected chi connectivity index (χ2v) is 2.95. The first kappa shape index (κ1) is 11.4. The predicted octanol–water partition coefficient (Wildman–Crippen LogP) is -0.138. The van der Waals surface area contributed by atoms with Crippen molar-refractivity contribution >= 4 is 5.97 Å².